The first-order valence-corrected chi connectivity index (χ1v) is 4.90. The van der Waals surface area contributed by atoms with E-state index in [1.807, 2.05) is 18.2 Å². The van der Waals surface area contributed by atoms with Crippen molar-refractivity contribution in [2.75, 3.05) is 18.4 Å². The van der Waals surface area contributed by atoms with E-state index in [1.165, 1.54) is 0 Å². The van der Waals surface area contributed by atoms with E-state index in [2.05, 4.69) is 25.6 Å². The van der Waals surface area contributed by atoms with Crippen LogP contribution in [0.2, 0.25) is 0 Å². The molecule has 0 unspecified atom stereocenters. The fraction of sp³-hybridized carbons (Fsp3) is 0.200. The van der Waals surface area contributed by atoms with Crippen LogP contribution in [-0.2, 0) is 0 Å². The van der Waals surface area contributed by atoms with Crippen molar-refractivity contribution >= 4 is 22.7 Å². The molecule has 5 heteroatoms. The van der Waals surface area contributed by atoms with Gasteiger partial charge in [0.2, 0.25) is 0 Å². The zero-order chi connectivity index (χ0) is 10.1. The Labute approximate surface area is 86.6 Å². The summed E-state index contributed by atoms with van der Waals surface area (Å²) in [6, 6.07) is 5.99. The van der Waals surface area contributed by atoms with Crippen molar-refractivity contribution in [2.45, 2.75) is 0 Å². The van der Waals surface area contributed by atoms with Crippen molar-refractivity contribution < 1.29 is 0 Å². The number of aliphatic imine (C=N–C) groups is 1. The van der Waals surface area contributed by atoms with Crippen molar-refractivity contribution in [2.24, 2.45) is 4.99 Å². The number of benzene rings is 1. The average molecular weight is 201 g/mol. The highest BCUT2D eigenvalue weighted by Crippen LogP contribution is 2.15. The van der Waals surface area contributed by atoms with E-state index in [9.17, 15) is 0 Å². The maximum Gasteiger partial charge on any atom is 0.195 e. The van der Waals surface area contributed by atoms with E-state index in [4.69, 9.17) is 0 Å². The van der Waals surface area contributed by atoms with Crippen LogP contribution >= 0.6 is 0 Å². The molecule has 1 aliphatic rings. The van der Waals surface area contributed by atoms with Crippen LogP contribution in [-0.4, -0.2) is 29.0 Å². The van der Waals surface area contributed by atoms with E-state index < -0.39 is 0 Å². The van der Waals surface area contributed by atoms with Gasteiger partial charge in [0.05, 0.1) is 23.9 Å². The third-order valence-corrected chi connectivity index (χ3v) is 2.36. The molecule has 0 atom stereocenters. The van der Waals surface area contributed by atoms with Gasteiger partial charge in [-0.1, -0.05) is 0 Å². The summed E-state index contributed by atoms with van der Waals surface area (Å²) >= 11 is 0. The van der Waals surface area contributed by atoms with Gasteiger partial charge in [-0.2, -0.15) is 0 Å². The SMILES string of the molecule is c1nc2ccc(NC3=NCCN3)cc2[nH]1. The van der Waals surface area contributed by atoms with Crippen molar-refractivity contribution in [3.05, 3.63) is 24.5 Å². The molecule has 0 fully saturated rings. The van der Waals surface area contributed by atoms with Crippen LogP contribution in [0.3, 0.4) is 0 Å². The molecule has 1 aromatic heterocycles. The fourth-order valence-electron chi connectivity index (χ4n) is 1.63. The first-order chi connectivity index (χ1) is 7.42. The van der Waals surface area contributed by atoms with Gasteiger partial charge in [-0.3, -0.25) is 4.99 Å². The van der Waals surface area contributed by atoms with Gasteiger partial charge < -0.3 is 15.6 Å². The summed E-state index contributed by atoms with van der Waals surface area (Å²) in [5.74, 6) is 0.842. The number of hydrogen-bond donors (Lipinski definition) is 3. The number of H-pyrrole nitrogens is 1. The third kappa shape index (κ3) is 1.52. The zero-order valence-corrected chi connectivity index (χ0v) is 8.12. The third-order valence-electron chi connectivity index (χ3n) is 2.36. The lowest BCUT2D eigenvalue weighted by atomic mass is 10.3. The Morgan fingerprint density at radius 2 is 2.33 bits per heavy atom. The van der Waals surface area contributed by atoms with Gasteiger partial charge in [0.25, 0.3) is 0 Å². The first-order valence-electron chi connectivity index (χ1n) is 4.90. The van der Waals surface area contributed by atoms with E-state index >= 15 is 0 Å². The molecule has 0 bridgehead atoms. The van der Waals surface area contributed by atoms with Gasteiger partial charge in [-0.15, -0.1) is 0 Å². The minimum Gasteiger partial charge on any atom is -0.354 e. The molecule has 0 saturated carbocycles. The molecule has 2 aromatic rings. The number of nitrogens with zero attached hydrogens (tertiary/aromatic N) is 2. The van der Waals surface area contributed by atoms with Crippen LogP contribution in [0.5, 0.6) is 0 Å². The number of nitrogens with one attached hydrogen (secondary N) is 3. The molecule has 1 aliphatic heterocycles. The average Bonchev–Trinajstić information content (AvgIpc) is 2.87. The molecule has 0 saturated heterocycles. The number of fused-ring (bicyclic) bond motifs is 1. The number of hydrogen-bond acceptors (Lipinski definition) is 4. The standard InChI is InChI=1S/C10H11N5/c1-2-8-9(14-6-13-8)5-7(1)15-10-11-3-4-12-10/h1-2,5-6H,3-4H2,(H,13,14)(H2,11,12,15). The molecule has 1 aromatic carbocycles. The van der Waals surface area contributed by atoms with Crippen LogP contribution in [0, 0.1) is 0 Å². The lowest BCUT2D eigenvalue weighted by molar-refractivity contribution is 0.959. The smallest absolute Gasteiger partial charge is 0.195 e. The summed E-state index contributed by atoms with van der Waals surface area (Å²) in [7, 11) is 0. The molecular formula is C10H11N5. The molecule has 76 valence electrons. The molecule has 2 heterocycles. The zero-order valence-electron chi connectivity index (χ0n) is 8.12. The molecular weight excluding hydrogens is 190 g/mol. The molecule has 15 heavy (non-hydrogen) atoms. The Morgan fingerprint density at radius 1 is 1.33 bits per heavy atom. The topological polar surface area (TPSA) is 65.1 Å². The van der Waals surface area contributed by atoms with Gasteiger partial charge in [-0.05, 0) is 18.2 Å². The van der Waals surface area contributed by atoms with E-state index in [0.717, 1.165) is 35.8 Å². The summed E-state index contributed by atoms with van der Waals surface area (Å²) in [4.78, 5) is 11.5. The Bertz CT molecular complexity index is 513. The van der Waals surface area contributed by atoms with E-state index in [0.29, 0.717) is 0 Å². The maximum atomic E-state index is 4.27. The Kier molecular flexibility index (Phi) is 1.81. The Morgan fingerprint density at radius 3 is 3.20 bits per heavy atom. The van der Waals surface area contributed by atoms with Crippen LogP contribution in [0.25, 0.3) is 11.0 Å². The summed E-state index contributed by atoms with van der Waals surface area (Å²) in [6.45, 7) is 1.75. The second kappa shape index (κ2) is 3.27. The maximum absolute atomic E-state index is 4.27. The number of anilines is 1. The van der Waals surface area contributed by atoms with Gasteiger partial charge in [0, 0.05) is 12.2 Å². The van der Waals surface area contributed by atoms with Crippen LogP contribution in [0.1, 0.15) is 0 Å². The molecule has 0 spiro atoms. The first kappa shape index (κ1) is 8.28. The lowest BCUT2D eigenvalue weighted by Gasteiger charge is -2.05. The molecule has 3 rings (SSSR count). The number of aromatic amines is 1. The quantitative estimate of drug-likeness (QED) is 0.643. The van der Waals surface area contributed by atoms with Gasteiger partial charge >= 0.3 is 0 Å². The lowest BCUT2D eigenvalue weighted by Crippen LogP contribution is -2.26. The molecule has 3 N–H and O–H groups in total. The minimum absolute atomic E-state index is 0.842. The summed E-state index contributed by atoms with van der Waals surface area (Å²) in [5.41, 5.74) is 3.01. The van der Waals surface area contributed by atoms with Crippen molar-refractivity contribution in [1.82, 2.24) is 15.3 Å². The monoisotopic (exact) mass is 201 g/mol. The van der Waals surface area contributed by atoms with Crippen molar-refractivity contribution in [1.29, 1.82) is 0 Å². The number of aromatic nitrogens is 2. The van der Waals surface area contributed by atoms with E-state index in [1.54, 1.807) is 6.33 Å². The minimum atomic E-state index is 0.842. The predicted molar refractivity (Wildman–Crippen MR) is 60.0 cm³/mol. The van der Waals surface area contributed by atoms with Crippen molar-refractivity contribution in [3.63, 3.8) is 0 Å². The summed E-state index contributed by atoms with van der Waals surface area (Å²) in [5, 5.41) is 6.37. The Balaban J connectivity index is 1.90. The van der Waals surface area contributed by atoms with Gasteiger partial charge in [0.15, 0.2) is 5.96 Å². The largest absolute Gasteiger partial charge is 0.354 e. The predicted octanol–water partition coefficient (Wildman–Crippen LogP) is 0.934. The van der Waals surface area contributed by atoms with E-state index in [-0.39, 0.29) is 0 Å². The summed E-state index contributed by atoms with van der Waals surface area (Å²) < 4.78 is 0. The Hall–Kier alpha value is -2.04. The molecule has 0 aliphatic carbocycles. The molecule has 5 nitrogen and oxygen atoms in total. The molecule has 0 radical (unpaired) electrons. The summed E-state index contributed by atoms with van der Waals surface area (Å²) in [6.07, 6.45) is 1.69. The van der Waals surface area contributed by atoms with Gasteiger partial charge in [-0.25, -0.2) is 4.98 Å². The van der Waals surface area contributed by atoms with Crippen molar-refractivity contribution in [3.8, 4) is 0 Å². The normalized spacial score (nSPS) is 15.1. The van der Waals surface area contributed by atoms with Crippen LogP contribution in [0.4, 0.5) is 5.69 Å². The highest BCUT2D eigenvalue weighted by Gasteiger charge is 2.05. The number of guanidine groups is 1. The fourth-order valence-corrected chi connectivity index (χ4v) is 1.63. The second-order valence-corrected chi connectivity index (χ2v) is 3.42. The number of rotatable bonds is 1. The van der Waals surface area contributed by atoms with Crippen LogP contribution in [0.15, 0.2) is 29.5 Å². The molecule has 0 amide bonds. The number of imidazole rings is 1. The second-order valence-electron chi connectivity index (χ2n) is 3.42. The highest BCUT2D eigenvalue weighted by molar-refractivity contribution is 5.96. The van der Waals surface area contributed by atoms with Gasteiger partial charge in [0.1, 0.15) is 0 Å². The highest BCUT2D eigenvalue weighted by atomic mass is 15.2. The van der Waals surface area contributed by atoms with Crippen LogP contribution < -0.4 is 10.6 Å².